The van der Waals surface area contributed by atoms with Crippen molar-refractivity contribution in [1.82, 2.24) is 10.2 Å². The monoisotopic (exact) mass is 296 g/mol. The summed E-state index contributed by atoms with van der Waals surface area (Å²) in [5.74, 6) is 0.160. The van der Waals surface area contributed by atoms with Crippen molar-refractivity contribution in [3.63, 3.8) is 0 Å². The highest BCUT2D eigenvalue weighted by molar-refractivity contribution is 5.83. The van der Waals surface area contributed by atoms with Crippen LogP contribution in [0, 0.1) is 11.8 Å². The highest BCUT2D eigenvalue weighted by Crippen LogP contribution is 2.37. The maximum Gasteiger partial charge on any atom is 0.326 e. The van der Waals surface area contributed by atoms with Crippen molar-refractivity contribution in [2.45, 2.75) is 70.9 Å². The SMILES string of the molecule is CC(C)CCNC(=O)N1C(C(=O)O)CCC2CCCCC21. The van der Waals surface area contributed by atoms with E-state index < -0.39 is 12.0 Å². The van der Waals surface area contributed by atoms with Crippen LogP contribution >= 0.6 is 0 Å². The maximum atomic E-state index is 12.5. The predicted octanol–water partition coefficient (Wildman–Crippen LogP) is 2.85. The first-order valence-corrected chi connectivity index (χ1v) is 8.29. The smallest absolute Gasteiger partial charge is 0.326 e. The van der Waals surface area contributed by atoms with Crippen LogP contribution in [0.1, 0.15) is 58.8 Å². The summed E-state index contributed by atoms with van der Waals surface area (Å²) in [5, 5.41) is 12.4. The van der Waals surface area contributed by atoms with Gasteiger partial charge in [-0.2, -0.15) is 0 Å². The fourth-order valence-corrected chi connectivity index (χ4v) is 3.73. The molecule has 120 valence electrons. The van der Waals surface area contributed by atoms with Crippen LogP contribution in [0.25, 0.3) is 0 Å². The highest BCUT2D eigenvalue weighted by Gasteiger charge is 2.43. The van der Waals surface area contributed by atoms with Gasteiger partial charge in [0.2, 0.25) is 0 Å². The summed E-state index contributed by atoms with van der Waals surface area (Å²) >= 11 is 0. The minimum Gasteiger partial charge on any atom is -0.480 e. The van der Waals surface area contributed by atoms with Crippen LogP contribution in [0.2, 0.25) is 0 Å². The molecule has 1 saturated heterocycles. The zero-order valence-electron chi connectivity index (χ0n) is 13.2. The van der Waals surface area contributed by atoms with Gasteiger partial charge in [0, 0.05) is 12.6 Å². The Morgan fingerprint density at radius 2 is 1.90 bits per heavy atom. The molecule has 0 spiro atoms. The molecule has 0 radical (unpaired) electrons. The molecule has 1 aliphatic carbocycles. The van der Waals surface area contributed by atoms with Crippen LogP contribution < -0.4 is 5.32 Å². The fraction of sp³-hybridized carbons (Fsp3) is 0.875. The van der Waals surface area contributed by atoms with Gasteiger partial charge >= 0.3 is 12.0 Å². The third-order valence-corrected chi connectivity index (χ3v) is 4.89. The molecule has 2 amide bonds. The van der Waals surface area contributed by atoms with Gasteiger partial charge in [0.15, 0.2) is 0 Å². The number of hydrogen-bond donors (Lipinski definition) is 2. The topological polar surface area (TPSA) is 69.6 Å². The second kappa shape index (κ2) is 7.14. The molecule has 2 rings (SSSR count). The van der Waals surface area contributed by atoms with Gasteiger partial charge in [-0.1, -0.05) is 26.7 Å². The molecule has 3 atom stereocenters. The van der Waals surface area contributed by atoms with Crippen molar-refractivity contribution in [1.29, 1.82) is 0 Å². The largest absolute Gasteiger partial charge is 0.480 e. The van der Waals surface area contributed by atoms with Gasteiger partial charge in [-0.15, -0.1) is 0 Å². The van der Waals surface area contributed by atoms with Crippen LogP contribution in [-0.2, 0) is 4.79 Å². The van der Waals surface area contributed by atoms with Crippen LogP contribution in [0.5, 0.6) is 0 Å². The van der Waals surface area contributed by atoms with E-state index in [0.29, 0.717) is 24.8 Å². The minimum absolute atomic E-state index is 0.118. The molecule has 2 fully saturated rings. The first-order valence-electron chi connectivity index (χ1n) is 8.29. The van der Waals surface area contributed by atoms with E-state index in [1.807, 2.05) is 0 Å². The normalized spacial score (nSPS) is 29.1. The Morgan fingerprint density at radius 3 is 2.57 bits per heavy atom. The van der Waals surface area contributed by atoms with E-state index in [-0.39, 0.29) is 12.1 Å². The number of piperidine rings is 1. The number of rotatable bonds is 4. The van der Waals surface area contributed by atoms with Crippen molar-refractivity contribution in [2.75, 3.05) is 6.54 Å². The summed E-state index contributed by atoms with van der Waals surface area (Å²) in [4.78, 5) is 25.7. The summed E-state index contributed by atoms with van der Waals surface area (Å²) in [6.45, 7) is 4.85. The molecule has 0 bridgehead atoms. The fourth-order valence-electron chi connectivity index (χ4n) is 3.73. The number of carboxylic acid groups (broad SMARTS) is 1. The molecule has 1 aliphatic heterocycles. The summed E-state index contributed by atoms with van der Waals surface area (Å²) in [6.07, 6.45) is 6.85. The molecule has 1 saturated carbocycles. The number of likely N-dealkylation sites (tertiary alicyclic amines) is 1. The quantitative estimate of drug-likeness (QED) is 0.838. The van der Waals surface area contributed by atoms with Crippen LogP contribution in [0.4, 0.5) is 4.79 Å². The third kappa shape index (κ3) is 3.89. The lowest BCUT2D eigenvalue weighted by Crippen LogP contribution is -2.60. The number of carbonyl (C=O) groups is 2. The number of fused-ring (bicyclic) bond motifs is 1. The molecule has 0 aromatic carbocycles. The average Bonchev–Trinajstić information content (AvgIpc) is 2.45. The standard InChI is InChI=1S/C16H28N2O3/c1-11(2)9-10-17-16(21)18-13-6-4-3-5-12(13)7-8-14(18)15(19)20/h11-14H,3-10H2,1-2H3,(H,17,21)(H,19,20). The molecule has 0 aromatic rings. The van der Waals surface area contributed by atoms with E-state index in [1.165, 1.54) is 6.42 Å². The van der Waals surface area contributed by atoms with Crippen LogP contribution in [-0.4, -0.2) is 40.6 Å². The molecule has 0 aromatic heterocycles. The highest BCUT2D eigenvalue weighted by atomic mass is 16.4. The lowest BCUT2D eigenvalue weighted by molar-refractivity contribution is -0.145. The second-order valence-corrected chi connectivity index (χ2v) is 6.86. The van der Waals surface area contributed by atoms with E-state index in [1.54, 1.807) is 4.90 Å². The number of carbonyl (C=O) groups excluding carboxylic acids is 1. The second-order valence-electron chi connectivity index (χ2n) is 6.86. The van der Waals surface area contributed by atoms with E-state index in [4.69, 9.17) is 0 Å². The molecule has 2 aliphatic rings. The van der Waals surface area contributed by atoms with E-state index in [9.17, 15) is 14.7 Å². The number of carboxylic acids is 1. The van der Waals surface area contributed by atoms with Crippen molar-refractivity contribution >= 4 is 12.0 Å². The first-order chi connectivity index (χ1) is 10.0. The number of amides is 2. The van der Waals surface area contributed by atoms with Gasteiger partial charge in [-0.3, -0.25) is 0 Å². The van der Waals surface area contributed by atoms with Crippen LogP contribution in [0.3, 0.4) is 0 Å². The van der Waals surface area contributed by atoms with E-state index in [0.717, 1.165) is 32.1 Å². The van der Waals surface area contributed by atoms with E-state index in [2.05, 4.69) is 19.2 Å². The van der Waals surface area contributed by atoms with Gasteiger partial charge in [0.25, 0.3) is 0 Å². The molecule has 2 N–H and O–H groups in total. The number of nitrogens with one attached hydrogen (secondary N) is 1. The van der Waals surface area contributed by atoms with Crippen molar-refractivity contribution in [3.05, 3.63) is 0 Å². The maximum absolute atomic E-state index is 12.5. The Morgan fingerprint density at radius 1 is 1.19 bits per heavy atom. The Balaban J connectivity index is 2.05. The van der Waals surface area contributed by atoms with Crippen molar-refractivity contribution < 1.29 is 14.7 Å². The zero-order chi connectivity index (χ0) is 15.4. The molecule has 1 heterocycles. The number of nitrogens with zero attached hydrogens (tertiary/aromatic N) is 1. The lowest BCUT2D eigenvalue weighted by atomic mass is 9.76. The summed E-state index contributed by atoms with van der Waals surface area (Å²) in [7, 11) is 0. The molecule has 5 heteroatoms. The molecular weight excluding hydrogens is 268 g/mol. The Labute approximate surface area is 127 Å². The van der Waals surface area contributed by atoms with Gasteiger partial charge in [-0.25, -0.2) is 9.59 Å². The molecule has 5 nitrogen and oxygen atoms in total. The summed E-state index contributed by atoms with van der Waals surface area (Å²) in [6, 6.07) is -0.712. The van der Waals surface area contributed by atoms with E-state index >= 15 is 0 Å². The zero-order valence-corrected chi connectivity index (χ0v) is 13.2. The molecule has 21 heavy (non-hydrogen) atoms. The minimum atomic E-state index is -0.863. The van der Waals surface area contributed by atoms with Gasteiger partial charge in [-0.05, 0) is 43.9 Å². The third-order valence-electron chi connectivity index (χ3n) is 4.89. The van der Waals surface area contributed by atoms with Crippen LogP contribution in [0.15, 0.2) is 0 Å². The average molecular weight is 296 g/mol. The Hall–Kier alpha value is -1.26. The Bertz CT molecular complexity index is 384. The first kappa shape index (κ1) is 16.1. The van der Waals surface area contributed by atoms with Gasteiger partial charge in [0.1, 0.15) is 6.04 Å². The molecule has 3 unspecified atom stereocenters. The molecular formula is C16H28N2O3. The Kier molecular flexibility index (Phi) is 5.48. The van der Waals surface area contributed by atoms with Gasteiger partial charge < -0.3 is 15.3 Å². The summed E-state index contributed by atoms with van der Waals surface area (Å²) < 4.78 is 0. The van der Waals surface area contributed by atoms with Crippen molar-refractivity contribution in [2.24, 2.45) is 11.8 Å². The summed E-state index contributed by atoms with van der Waals surface area (Å²) in [5.41, 5.74) is 0. The number of hydrogen-bond acceptors (Lipinski definition) is 2. The predicted molar refractivity (Wildman–Crippen MR) is 81.1 cm³/mol. The number of aliphatic carboxylic acids is 1. The lowest BCUT2D eigenvalue weighted by Gasteiger charge is -2.47. The van der Waals surface area contributed by atoms with Gasteiger partial charge in [0.05, 0.1) is 0 Å². The number of urea groups is 1. The van der Waals surface area contributed by atoms with Crippen molar-refractivity contribution in [3.8, 4) is 0 Å².